The molecule has 5 nitrogen and oxygen atoms in total. The molecule has 8 heteroatoms. The van der Waals surface area contributed by atoms with E-state index in [2.05, 4.69) is 10.2 Å². The summed E-state index contributed by atoms with van der Waals surface area (Å²) >= 11 is 1.72. The molecule has 1 aliphatic rings. The topological polar surface area (TPSA) is 83.1 Å². The Bertz CT molecular complexity index is 846. The van der Waals surface area contributed by atoms with Gasteiger partial charge in [-0.1, -0.05) is 12.1 Å². The Kier molecular flexibility index (Phi) is 4.56. The van der Waals surface area contributed by atoms with Gasteiger partial charge in [0.25, 0.3) is 10.1 Å². The number of nitrogens with one attached hydrogen (secondary N) is 1. The Morgan fingerprint density at radius 3 is 3.04 bits per heavy atom. The number of nitrogens with zero attached hydrogens (tertiary/aromatic N) is 1. The van der Waals surface area contributed by atoms with E-state index in [9.17, 15) is 12.8 Å². The monoisotopic (exact) mass is 354 g/mol. The summed E-state index contributed by atoms with van der Waals surface area (Å²) in [4.78, 5) is 0. The summed E-state index contributed by atoms with van der Waals surface area (Å²) in [7, 11) is -4.18. The fourth-order valence-electron chi connectivity index (χ4n) is 2.67. The van der Waals surface area contributed by atoms with E-state index >= 15 is 0 Å². The van der Waals surface area contributed by atoms with Crippen molar-refractivity contribution in [1.82, 2.24) is 10.2 Å². The number of thioether (sulfide) groups is 1. The number of aromatic nitrogens is 2. The van der Waals surface area contributed by atoms with E-state index in [1.54, 1.807) is 17.8 Å². The fraction of sp³-hybridized carbons (Fsp3) is 0.267. The van der Waals surface area contributed by atoms with Gasteiger partial charge in [0.05, 0.1) is 11.1 Å². The van der Waals surface area contributed by atoms with Crippen LogP contribution in [0.25, 0.3) is 6.08 Å². The van der Waals surface area contributed by atoms with Crippen molar-refractivity contribution in [3.05, 3.63) is 58.0 Å². The van der Waals surface area contributed by atoms with Crippen molar-refractivity contribution in [1.29, 1.82) is 0 Å². The molecule has 2 N–H and O–H groups in total. The van der Waals surface area contributed by atoms with Crippen molar-refractivity contribution < 1.29 is 17.4 Å². The molecule has 1 aromatic heterocycles. The minimum Gasteiger partial charge on any atom is -0.282 e. The van der Waals surface area contributed by atoms with Crippen LogP contribution in [0.3, 0.4) is 0 Å². The van der Waals surface area contributed by atoms with Crippen LogP contribution in [-0.2, 0) is 22.3 Å². The van der Waals surface area contributed by atoms with Crippen LogP contribution in [0.15, 0.2) is 29.7 Å². The molecule has 1 atom stereocenters. The van der Waals surface area contributed by atoms with E-state index in [-0.39, 0.29) is 11.7 Å². The van der Waals surface area contributed by atoms with Crippen molar-refractivity contribution in [3.8, 4) is 0 Å². The first-order valence-electron chi connectivity index (χ1n) is 6.97. The number of hydrogen-bond donors (Lipinski definition) is 2. The largest absolute Gasteiger partial charge is 0.287 e. The van der Waals surface area contributed by atoms with Crippen molar-refractivity contribution >= 4 is 28.0 Å². The number of aromatic amines is 1. The van der Waals surface area contributed by atoms with Gasteiger partial charge in [-0.15, -0.1) is 0 Å². The molecule has 0 radical (unpaired) electrons. The van der Waals surface area contributed by atoms with Gasteiger partial charge in [0, 0.05) is 28.7 Å². The molecule has 1 aliphatic heterocycles. The third-order valence-corrected chi connectivity index (χ3v) is 5.28. The lowest BCUT2D eigenvalue weighted by atomic mass is 9.94. The van der Waals surface area contributed by atoms with E-state index in [1.165, 1.54) is 18.2 Å². The number of benzene rings is 1. The number of rotatable bonds is 4. The van der Waals surface area contributed by atoms with Gasteiger partial charge >= 0.3 is 0 Å². The average Bonchev–Trinajstić information content (AvgIpc) is 2.89. The molecule has 3 rings (SSSR count). The van der Waals surface area contributed by atoms with Crippen LogP contribution in [0.2, 0.25) is 0 Å². The molecule has 0 aliphatic carbocycles. The average molecular weight is 354 g/mol. The van der Waals surface area contributed by atoms with Crippen LogP contribution in [0, 0.1) is 5.82 Å². The van der Waals surface area contributed by atoms with E-state index in [0.717, 1.165) is 33.7 Å². The minimum atomic E-state index is -4.18. The Hall–Kier alpha value is -1.64. The van der Waals surface area contributed by atoms with Gasteiger partial charge in [0.1, 0.15) is 5.82 Å². The minimum absolute atomic E-state index is 0.158. The lowest BCUT2D eigenvalue weighted by molar-refractivity contribution is 0.494. The highest BCUT2D eigenvalue weighted by molar-refractivity contribution is 7.98. The zero-order chi connectivity index (χ0) is 16.4. The lowest BCUT2D eigenvalue weighted by Gasteiger charge is -2.22. The highest BCUT2D eigenvalue weighted by Crippen LogP contribution is 2.36. The Morgan fingerprint density at radius 1 is 1.48 bits per heavy atom. The maximum atomic E-state index is 13.3. The maximum absolute atomic E-state index is 13.3. The number of H-pyrrole nitrogens is 1. The van der Waals surface area contributed by atoms with Crippen LogP contribution in [0.4, 0.5) is 4.39 Å². The van der Waals surface area contributed by atoms with E-state index in [0.29, 0.717) is 12.1 Å². The summed E-state index contributed by atoms with van der Waals surface area (Å²) in [6.07, 6.45) is 1.97. The SMILES string of the molecule is O=S(=O)(O)C=Cc1n[nH]c2c1CSCC2Cc1cccc(F)c1. The summed E-state index contributed by atoms with van der Waals surface area (Å²) in [6.45, 7) is 0. The molecule has 1 unspecified atom stereocenters. The summed E-state index contributed by atoms with van der Waals surface area (Å²) in [5.41, 5.74) is 3.30. The molecule has 1 aromatic carbocycles. The molecule has 2 heterocycles. The number of halogens is 1. The molecule has 23 heavy (non-hydrogen) atoms. The molecular weight excluding hydrogens is 339 g/mol. The molecule has 122 valence electrons. The van der Waals surface area contributed by atoms with Crippen molar-refractivity contribution in [2.45, 2.75) is 18.1 Å². The zero-order valence-electron chi connectivity index (χ0n) is 12.1. The van der Waals surface area contributed by atoms with Gasteiger partial charge in [0.15, 0.2) is 0 Å². The summed E-state index contributed by atoms with van der Waals surface area (Å²) < 4.78 is 43.8. The Labute approximate surface area is 137 Å². The van der Waals surface area contributed by atoms with Gasteiger partial charge < -0.3 is 0 Å². The predicted octanol–water partition coefficient (Wildman–Crippen LogP) is 2.98. The zero-order valence-corrected chi connectivity index (χ0v) is 13.7. The van der Waals surface area contributed by atoms with Gasteiger partial charge in [0.2, 0.25) is 0 Å². The third-order valence-electron chi connectivity index (χ3n) is 3.67. The van der Waals surface area contributed by atoms with Crippen molar-refractivity contribution in [2.75, 3.05) is 5.75 Å². The summed E-state index contributed by atoms with van der Waals surface area (Å²) in [5, 5.41) is 7.82. The molecule has 0 saturated heterocycles. The van der Waals surface area contributed by atoms with Crippen molar-refractivity contribution in [3.63, 3.8) is 0 Å². The second kappa shape index (κ2) is 6.46. The van der Waals surface area contributed by atoms with E-state index in [1.807, 2.05) is 6.07 Å². The molecule has 0 bridgehead atoms. The molecular formula is C15H15FN2O3S2. The molecule has 2 aromatic rings. The smallest absolute Gasteiger partial charge is 0.282 e. The molecule has 0 saturated carbocycles. The summed E-state index contributed by atoms with van der Waals surface area (Å²) in [6, 6.07) is 6.51. The van der Waals surface area contributed by atoms with Gasteiger partial charge in [-0.3, -0.25) is 9.65 Å². The van der Waals surface area contributed by atoms with Crippen LogP contribution >= 0.6 is 11.8 Å². The normalized spacial score (nSPS) is 18.3. The number of hydrogen-bond acceptors (Lipinski definition) is 4. The van der Waals surface area contributed by atoms with E-state index < -0.39 is 10.1 Å². The second-order valence-electron chi connectivity index (χ2n) is 5.36. The fourth-order valence-corrected chi connectivity index (χ4v) is 4.16. The lowest BCUT2D eigenvalue weighted by Crippen LogP contribution is -2.13. The molecule has 0 fully saturated rings. The molecule has 0 spiro atoms. The standard InChI is InChI=1S/C15H15FN2O3S2/c16-12-3-1-2-10(7-12)6-11-8-22-9-13-14(17-18-15(11)13)4-5-23(19,20)21/h1-5,7,11H,6,8-9H2,(H,17,18)(H,19,20,21). The highest BCUT2D eigenvalue weighted by atomic mass is 32.2. The van der Waals surface area contributed by atoms with Crippen LogP contribution in [0.1, 0.15) is 28.4 Å². The first kappa shape index (κ1) is 16.2. The highest BCUT2D eigenvalue weighted by Gasteiger charge is 2.25. The predicted molar refractivity (Wildman–Crippen MR) is 88.2 cm³/mol. The first-order chi connectivity index (χ1) is 10.9. The molecule has 0 amide bonds. The van der Waals surface area contributed by atoms with Crippen molar-refractivity contribution in [2.24, 2.45) is 0 Å². The third kappa shape index (κ3) is 4.01. The van der Waals surface area contributed by atoms with Gasteiger partial charge in [-0.05, 0) is 30.2 Å². The Balaban J connectivity index is 1.86. The van der Waals surface area contributed by atoms with E-state index in [4.69, 9.17) is 4.55 Å². The van der Waals surface area contributed by atoms with Crippen LogP contribution in [0.5, 0.6) is 0 Å². The first-order valence-corrected chi connectivity index (χ1v) is 9.63. The summed E-state index contributed by atoms with van der Waals surface area (Å²) in [5.74, 6) is 1.50. The Morgan fingerprint density at radius 2 is 2.30 bits per heavy atom. The van der Waals surface area contributed by atoms with Crippen LogP contribution in [-0.4, -0.2) is 28.9 Å². The van der Waals surface area contributed by atoms with Gasteiger partial charge in [-0.2, -0.15) is 25.3 Å². The maximum Gasteiger partial charge on any atom is 0.287 e. The second-order valence-corrected chi connectivity index (χ2v) is 7.70. The van der Waals surface area contributed by atoms with Gasteiger partial charge in [-0.25, -0.2) is 4.39 Å². The van der Waals surface area contributed by atoms with Crippen LogP contribution < -0.4 is 0 Å². The number of fused-ring (bicyclic) bond motifs is 1. The quantitative estimate of drug-likeness (QED) is 0.825.